The molecule has 4 nitrogen and oxygen atoms in total. The predicted molar refractivity (Wildman–Crippen MR) is 116 cm³/mol. The number of hydrogen-bond donors (Lipinski definition) is 1. The summed E-state index contributed by atoms with van der Waals surface area (Å²) >= 11 is 12.6. The Bertz CT molecular complexity index is 1160. The van der Waals surface area contributed by atoms with Crippen LogP contribution in [0.4, 0.5) is 11.4 Å². The van der Waals surface area contributed by atoms with Gasteiger partial charge in [-0.15, -0.1) is 0 Å². The van der Waals surface area contributed by atoms with Gasteiger partial charge in [-0.3, -0.25) is 9.69 Å². The molecule has 0 fully saturated rings. The summed E-state index contributed by atoms with van der Waals surface area (Å²) in [5.74, 6) is -1.25. The summed E-state index contributed by atoms with van der Waals surface area (Å²) in [5, 5.41) is 10.0. The van der Waals surface area contributed by atoms with Gasteiger partial charge in [0.1, 0.15) is 0 Å². The van der Waals surface area contributed by atoms with E-state index in [9.17, 15) is 9.59 Å². The molecule has 1 amide bonds. The average molecular weight is 424 g/mol. The van der Waals surface area contributed by atoms with Crippen LogP contribution >= 0.6 is 23.2 Å². The van der Waals surface area contributed by atoms with E-state index in [1.807, 2.05) is 25.1 Å². The summed E-state index contributed by atoms with van der Waals surface area (Å²) < 4.78 is 0. The van der Waals surface area contributed by atoms with E-state index < -0.39 is 5.97 Å². The second-order valence-electron chi connectivity index (χ2n) is 6.65. The van der Waals surface area contributed by atoms with Gasteiger partial charge in [0.2, 0.25) is 0 Å². The van der Waals surface area contributed by atoms with Crippen molar-refractivity contribution in [1.82, 2.24) is 0 Å². The summed E-state index contributed by atoms with van der Waals surface area (Å²) in [6, 6.07) is 17.1. The molecule has 0 saturated heterocycles. The maximum atomic E-state index is 13.4. The molecule has 0 unspecified atom stereocenters. The van der Waals surface area contributed by atoms with Gasteiger partial charge < -0.3 is 5.11 Å². The third kappa shape index (κ3) is 3.31. The van der Waals surface area contributed by atoms with Crippen LogP contribution in [0.5, 0.6) is 0 Å². The molecule has 0 aliphatic carbocycles. The lowest BCUT2D eigenvalue weighted by Crippen LogP contribution is -2.20. The zero-order valence-electron chi connectivity index (χ0n) is 15.3. The number of halogens is 2. The molecule has 1 aliphatic heterocycles. The quantitative estimate of drug-likeness (QED) is 0.508. The Morgan fingerprint density at radius 1 is 0.966 bits per heavy atom. The van der Waals surface area contributed by atoms with Crippen molar-refractivity contribution < 1.29 is 14.7 Å². The molecular formula is C23H15Cl2NO3. The lowest BCUT2D eigenvalue weighted by molar-refractivity contribution is -0.112. The maximum Gasteiger partial charge on any atom is 0.335 e. The number of nitrogens with zero attached hydrogens (tertiary/aromatic N) is 1. The SMILES string of the molecule is Cc1cccc2c1/C(=C/c1c(Cl)cccc1Cl)C(=O)N2c1ccc(C(=O)O)cc1. The van der Waals surface area contributed by atoms with Crippen LogP contribution in [-0.4, -0.2) is 17.0 Å². The van der Waals surface area contributed by atoms with E-state index in [4.69, 9.17) is 28.3 Å². The van der Waals surface area contributed by atoms with Crippen molar-refractivity contribution in [3.63, 3.8) is 0 Å². The Balaban J connectivity index is 1.89. The van der Waals surface area contributed by atoms with Gasteiger partial charge in [0.05, 0.1) is 16.8 Å². The largest absolute Gasteiger partial charge is 0.478 e. The minimum absolute atomic E-state index is 0.156. The number of hydrogen-bond acceptors (Lipinski definition) is 2. The van der Waals surface area contributed by atoms with Gasteiger partial charge >= 0.3 is 5.97 Å². The number of fused-ring (bicyclic) bond motifs is 1. The molecule has 29 heavy (non-hydrogen) atoms. The van der Waals surface area contributed by atoms with Crippen LogP contribution in [0.1, 0.15) is 27.0 Å². The summed E-state index contributed by atoms with van der Waals surface area (Å²) in [6.45, 7) is 1.94. The minimum atomic E-state index is -1.02. The van der Waals surface area contributed by atoms with E-state index in [0.717, 1.165) is 16.8 Å². The minimum Gasteiger partial charge on any atom is -0.478 e. The number of benzene rings is 3. The number of anilines is 2. The third-order valence-electron chi connectivity index (χ3n) is 4.86. The number of carbonyl (C=O) groups is 2. The van der Waals surface area contributed by atoms with Crippen LogP contribution in [0.3, 0.4) is 0 Å². The molecule has 0 bridgehead atoms. The van der Waals surface area contributed by atoms with Gasteiger partial charge in [-0.25, -0.2) is 4.79 Å². The van der Waals surface area contributed by atoms with E-state index >= 15 is 0 Å². The van der Waals surface area contributed by atoms with Crippen LogP contribution in [0.15, 0.2) is 60.7 Å². The van der Waals surface area contributed by atoms with E-state index in [-0.39, 0.29) is 11.5 Å². The van der Waals surface area contributed by atoms with Crippen molar-refractivity contribution in [2.45, 2.75) is 6.92 Å². The average Bonchev–Trinajstić information content (AvgIpc) is 2.97. The van der Waals surface area contributed by atoms with Crippen LogP contribution in [0, 0.1) is 6.92 Å². The lowest BCUT2D eigenvalue weighted by atomic mass is 9.99. The predicted octanol–water partition coefficient (Wildman–Crippen LogP) is 6.22. The molecule has 1 aliphatic rings. The Hall–Kier alpha value is -3.08. The highest BCUT2D eigenvalue weighted by atomic mass is 35.5. The Morgan fingerprint density at radius 3 is 2.21 bits per heavy atom. The molecule has 4 rings (SSSR count). The molecular weight excluding hydrogens is 409 g/mol. The van der Waals surface area contributed by atoms with E-state index in [0.29, 0.717) is 26.9 Å². The van der Waals surface area contributed by atoms with E-state index in [1.165, 1.54) is 12.1 Å². The Morgan fingerprint density at radius 2 is 1.59 bits per heavy atom. The molecule has 0 spiro atoms. The first kappa shape index (κ1) is 19.2. The number of aromatic carboxylic acids is 1. The van der Waals surface area contributed by atoms with Gasteiger partial charge in [-0.05, 0) is 61.0 Å². The summed E-state index contributed by atoms with van der Waals surface area (Å²) in [5.41, 5.74) is 4.27. The molecule has 6 heteroatoms. The number of amides is 1. The summed E-state index contributed by atoms with van der Waals surface area (Å²) in [4.78, 5) is 26.1. The molecule has 144 valence electrons. The van der Waals surface area contributed by atoms with Gasteiger partial charge in [0.25, 0.3) is 5.91 Å². The van der Waals surface area contributed by atoms with Crippen molar-refractivity contribution in [2.24, 2.45) is 0 Å². The third-order valence-corrected chi connectivity index (χ3v) is 5.51. The molecule has 0 radical (unpaired) electrons. The first-order chi connectivity index (χ1) is 13.9. The highest BCUT2D eigenvalue weighted by Gasteiger charge is 2.34. The summed E-state index contributed by atoms with van der Waals surface area (Å²) in [7, 11) is 0. The zero-order chi connectivity index (χ0) is 20.7. The van der Waals surface area contributed by atoms with Gasteiger partial charge in [0, 0.05) is 26.9 Å². The second-order valence-corrected chi connectivity index (χ2v) is 7.47. The smallest absolute Gasteiger partial charge is 0.335 e. The molecule has 3 aromatic carbocycles. The van der Waals surface area contributed by atoms with Gasteiger partial charge in [-0.2, -0.15) is 0 Å². The van der Waals surface area contributed by atoms with Crippen molar-refractivity contribution in [3.05, 3.63) is 93.0 Å². The van der Waals surface area contributed by atoms with Crippen molar-refractivity contribution in [2.75, 3.05) is 4.90 Å². The Labute approximate surface area is 177 Å². The van der Waals surface area contributed by atoms with E-state index in [2.05, 4.69) is 0 Å². The fraction of sp³-hybridized carbons (Fsp3) is 0.0435. The lowest BCUT2D eigenvalue weighted by Gasteiger charge is -2.17. The van der Waals surface area contributed by atoms with Crippen LogP contribution in [0.2, 0.25) is 10.0 Å². The molecule has 0 aromatic heterocycles. The topological polar surface area (TPSA) is 57.6 Å². The van der Waals surface area contributed by atoms with Crippen molar-refractivity contribution in [3.8, 4) is 0 Å². The van der Waals surface area contributed by atoms with Gasteiger partial charge in [-0.1, -0.05) is 41.4 Å². The van der Waals surface area contributed by atoms with Crippen molar-refractivity contribution in [1.29, 1.82) is 0 Å². The number of aryl methyl sites for hydroxylation is 1. The molecule has 1 N–H and O–H groups in total. The van der Waals surface area contributed by atoms with E-state index in [1.54, 1.807) is 41.3 Å². The van der Waals surface area contributed by atoms with Crippen LogP contribution < -0.4 is 4.90 Å². The van der Waals surface area contributed by atoms with Gasteiger partial charge in [0.15, 0.2) is 0 Å². The fourth-order valence-corrected chi connectivity index (χ4v) is 3.97. The number of carboxylic acids is 1. The standard InChI is InChI=1S/C23H15Cl2NO3/c1-13-4-2-7-20-21(13)17(12-16-18(24)5-3-6-19(16)25)22(27)26(20)15-10-8-14(9-11-15)23(28)29/h2-12H,1H3,(H,28,29)/b17-12-. The Kier molecular flexibility index (Phi) is 4.91. The highest BCUT2D eigenvalue weighted by molar-refractivity contribution is 6.41. The number of carboxylic acid groups (broad SMARTS) is 1. The molecule has 0 atom stereocenters. The monoisotopic (exact) mass is 423 g/mol. The normalized spacial score (nSPS) is 14.4. The molecule has 0 saturated carbocycles. The first-order valence-corrected chi connectivity index (χ1v) is 9.57. The molecule has 3 aromatic rings. The zero-order valence-corrected chi connectivity index (χ0v) is 16.8. The molecule has 1 heterocycles. The number of carbonyl (C=O) groups excluding carboxylic acids is 1. The van der Waals surface area contributed by atoms with Crippen LogP contribution in [0.25, 0.3) is 11.6 Å². The fourth-order valence-electron chi connectivity index (χ4n) is 3.46. The highest BCUT2D eigenvalue weighted by Crippen LogP contribution is 2.44. The first-order valence-electron chi connectivity index (χ1n) is 8.82. The summed E-state index contributed by atoms with van der Waals surface area (Å²) in [6.07, 6.45) is 1.71. The van der Waals surface area contributed by atoms with Crippen molar-refractivity contribution >= 4 is 58.1 Å². The number of rotatable bonds is 3. The maximum absolute atomic E-state index is 13.4. The van der Waals surface area contributed by atoms with Crippen LogP contribution in [-0.2, 0) is 4.79 Å². The second kappa shape index (κ2) is 7.39.